The molecule has 4 rings (SSSR count). The van der Waals surface area contributed by atoms with Crippen molar-refractivity contribution in [1.29, 1.82) is 0 Å². The number of hydrogen-bond acceptors (Lipinski definition) is 7. The van der Waals surface area contributed by atoms with Crippen LogP contribution in [0.5, 0.6) is 5.75 Å². The summed E-state index contributed by atoms with van der Waals surface area (Å²) < 4.78 is 39.4. The molecule has 1 saturated heterocycles. The standard InChI is InChI=1S/C28H29BrN4O6S/c29-22-6-4-7-23(16-22)33(40(36,37)26-9-2-1-3-10-26)19-27(34)32-31-17-21-11-13-24(14-12-21)39-20-28(35)30-18-25-8-5-15-38-25/h1-4,6-7,9-14,16-17,25H,5,8,15,18-20H2,(H,30,35)(H,32,34)/b31-17-/t25-/m0/s1. The Morgan fingerprint density at radius 1 is 1.05 bits per heavy atom. The number of amides is 2. The van der Waals surface area contributed by atoms with Crippen LogP contribution in [0.4, 0.5) is 5.69 Å². The molecule has 0 radical (unpaired) electrons. The number of nitrogens with one attached hydrogen (secondary N) is 2. The number of benzene rings is 3. The van der Waals surface area contributed by atoms with Crippen LogP contribution in [0.1, 0.15) is 18.4 Å². The molecule has 12 heteroatoms. The van der Waals surface area contributed by atoms with E-state index in [-0.39, 0.29) is 23.5 Å². The number of ether oxygens (including phenoxy) is 2. The Hall–Kier alpha value is -3.74. The van der Waals surface area contributed by atoms with Crippen LogP contribution in [0.15, 0.2) is 93.3 Å². The van der Waals surface area contributed by atoms with Crippen LogP contribution in [0.25, 0.3) is 0 Å². The van der Waals surface area contributed by atoms with Gasteiger partial charge in [-0.05, 0) is 73.0 Å². The molecular weight excluding hydrogens is 600 g/mol. The minimum atomic E-state index is -4.02. The number of hydrogen-bond donors (Lipinski definition) is 2. The number of carbonyl (C=O) groups excluding carboxylic acids is 2. The van der Waals surface area contributed by atoms with E-state index >= 15 is 0 Å². The topological polar surface area (TPSA) is 126 Å². The molecule has 1 atom stereocenters. The number of anilines is 1. The van der Waals surface area contributed by atoms with E-state index in [9.17, 15) is 18.0 Å². The predicted molar refractivity (Wildman–Crippen MR) is 155 cm³/mol. The fraction of sp³-hybridized carbons (Fsp3) is 0.250. The number of rotatable bonds is 12. The molecular formula is C28H29BrN4O6S. The van der Waals surface area contributed by atoms with E-state index in [1.165, 1.54) is 18.3 Å². The van der Waals surface area contributed by atoms with E-state index in [0.29, 0.717) is 28.0 Å². The van der Waals surface area contributed by atoms with Gasteiger partial charge in [-0.2, -0.15) is 5.10 Å². The van der Waals surface area contributed by atoms with Gasteiger partial charge in [0.05, 0.1) is 22.9 Å². The van der Waals surface area contributed by atoms with Crippen molar-refractivity contribution in [2.45, 2.75) is 23.8 Å². The van der Waals surface area contributed by atoms with Crippen LogP contribution in [0, 0.1) is 0 Å². The molecule has 1 heterocycles. The van der Waals surface area contributed by atoms with Gasteiger partial charge in [-0.25, -0.2) is 13.8 Å². The summed E-state index contributed by atoms with van der Waals surface area (Å²) in [6, 6.07) is 21.4. The van der Waals surface area contributed by atoms with Gasteiger partial charge in [-0.1, -0.05) is 40.2 Å². The Morgan fingerprint density at radius 2 is 1.82 bits per heavy atom. The van der Waals surface area contributed by atoms with Crippen molar-refractivity contribution in [1.82, 2.24) is 10.7 Å². The van der Waals surface area contributed by atoms with Gasteiger partial charge < -0.3 is 14.8 Å². The van der Waals surface area contributed by atoms with Crippen LogP contribution in [-0.2, 0) is 24.3 Å². The lowest BCUT2D eigenvalue weighted by molar-refractivity contribution is -0.123. The molecule has 0 aromatic heterocycles. The fourth-order valence-electron chi connectivity index (χ4n) is 3.89. The quantitative estimate of drug-likeness (QED) is 0.234. The molecule has 2 N–H and O–H groups in total. The highest BCUT2D eigenvalue weighted by atomic mass is 79.9. The van der Waals surface area contributed by atoms with E-state index < -0.39 is 22.5 Å². The van der Waals surface area contributed by atoms with Crippen molar-refractivity contribution in [2.24, 2.45) is 5.10 Å². The summed E-state index contributed by atoms with van der Waals surface area (Å²) in [6.45, 7) is 0.613. The zero-order valence-corrected chi connectivity index (χ0v) is 23.9. The highest BCUT2D eigenvalue weighted by molar-refractivity contribution is 9.10. The summed E-state index contributed by atoms with van der Waals surface area (Å²) in [5.41, 5.74) is 3.37. The van der Waals surface area contributed by atoms with Gasteiger partial charge in [-0.15, -0.1) is 0 Å². The van der Waals surface area contributed by atoms with Gasteiger partial charge in [0.15, 0.2) is 6.61 Å². The van der Waals surface area contributed by atoms with Gasteiger partial charge in [0.25, 0.3) is 21.8 Å². The lowest BCUT2D eigenvalue weighted by Crippen LogP contribution is -2.39. The van der Waals surface area contributed by atoms with Crippen molar-refractivity contribution >= 4 is 49.7 Å². The SMILES string of the molecule is O=C(COc1ccc(/C=N\NC(=O)CN(c2cccc(Br)c2)S(=O)(=O)c2ccccc2)cc1)NC[C@@H]1CCCO1. The van der Waals surface area contributed by atoms with Crippen LogP contribution in [0.3, 0.4) is 0 Å². The Labute approximate surface area is 241 Å². The van der Waals surface area contributed by atoms with Gasteiger partial charge in [-0.3, -0.25) is 13.9 Å². The van der Waals surface area contributed by atoms with Gasteiger partial charge in [0.2, 0.25) is 0 Å². The first-order valence-corrected chi connectivity index (χ1v) is 14.8. The summed E-state index contributed by atoms with van der Waals surface area (Å²) in [4.78, 5) is 24.8. The number of sulfonamides is 1. The van der Waals surface area contributed by atoms with E-state index in [1.807, 2.05) is 0 Å². The van der Waals surface area contributed by atoms with Crippen molar-refractivity contribution in [3.8, 4) is 5.75 Å². The predicted octanol–water partition coefficient (Wildman–Crippen LogP) is 3.47. The lowest BCUT2D eigenvalue weighted by atomic mass is 10.2. The molecule has 1 aliphatic heterocycles. The second-order valence-corrected chi connectivity index (χ2v) is 11.7. The fourth-order valence-corrected chi connectivity index (χ4v) is 5.71. The summed E-state index contributed by atoms with van der Waals surface area (Å²) in [7, 11) is -4.02. The maximum absolute atomic E-state index is 13.3. The molecule has 3 aromatic rings. The third kappa shape index (κ3) is 8.38. The first-order chi connectivity index (χ1) is 19.3. The zero-order valence-electron chi connectivity index (χ0n) is 21.5. The largest absolute Gasteiger partial charge is 0.484 e. The Kier molecular flexibility index (Phi) is 10.3. The Morgan fingerprint density at radius 3 is 2.52 bits per heavy atom. The molecule has 2 amide bonds. The average molecular weight is 630 g/mol. The van der Waals surface area contributed by atoms with Crippen LogP contribution >= 0.6 is 15.9 Å². The van der Waals surface area contributed by atoms with E-state index in [1.54, 1.807) is 66.7 Å². The molecule has 40 heavy (non-hydrogen) atoms. The van der Waals surface area contributed by atoms with Gasteiger partial charge >= 0.3 is 0 Å². The smallest absolute Gasteiger partial charge is 0.264 e. The van der Waals surface area contributed by atoms with Gasteiger partial charge in [0, 0.05) is 17.6 Å². The number of nitrogens with zero attached hydrogens (tertiary/aromatic N) is 2. The number of carbonyl (C=O) groups is 2. The maximum atomic E-state index is 13.3. The molecule has 0 spiro atoms. The minimum Gasteiger partial charge on any atom is -0.484 e. The third-order valence-corrected chi connectivity index (χ3v) is 8.20. The molecule has 0 unspecified atom stereocenters. The summed E-state index contributed by atoms with van der Waals surface area (Å²) in [5, 5.41) is 6.75. The van der Waals surface area contributed by atoms with Crippen LogP contribution in [-0.4, -0.2) is 58.9 Å². The average Bonchev–Trinajstić information content (AvgIpc) is 3.49. The maximum Gasteiger partial charge on any atom is 0.264 e. The monoisotopic (exact) mass is 628 g/mol. The minimum absolute atomic E-state index is 0.0638. The summed E-state index contributed by atoms with van der Waals surface area (Å²) >= 11 is 3.35. The molecule has 10 nitrogen and oxygen atoms in total. The van der Waals surface area contributed by atoms with E-state index in [0.717, 1.165) is 23.8 Å². The number of hydrazone groups is 1. The summed E-state index contributed by atoms with van der Waals surface area (Å²) in [5.74, 6) is -0.344. The van der Waals surface area contributed by atoms with E-state index in [4.69, 9.17) is 9.47 Å². The molecule has 1 aliphatic rings. The first-order valence-electron chi connectivity index (χ1n) is 12.6. The lowest BCUT2D eigenvalue weighted by Gasteiger charge is -2.23. The Bertz CT molecular complexity index is 1430. The highest BCUT2D eigenvalue weighted by Crippen LogP contribution is 2.26. The van der Waals surface area contributed by atoms with Crippen molar-refractivity contribution in [2.75, 3.05) is 30.6 Å². The van der Waals surface area contributed by atoms with Crippen LogP contribution in [0.2, 0.25) is 0 Å². The van der Waals surface area contributed by atoms with Crippen molar-refractivity contribution in [3.63, 3.8) is 0 Å². The first kappa shape index (κ1) is 29.2. The summed E-state index contributed by atoms with van der Waals surface area (Å²) in [6.07, 6.45) is 3.45. The zero-order chi connectivity index (χ0) is 28.4. The Balaban J connectivity index is 1.31. The third-order valence-electron chi connectivity index (χ3n) is 5.92. The van der Waals surface area contributed by atoms with Crippen LogP contribution < -0.4 is 19.8 Å². The van der Waals surface area contributed by atoms with Crippen molar-refractivity contribution < 1.29 is 27.5 Å². The van der Waals surface area contributed by atoms with E-state index in [2.05, 4.69) is 31.8 Å². The second-order valence-electron chi connectivity index (χ2n) is 8.89. The van der Waals surface area contributed by atoms with Gasteiger partial charge in [0.1, 0.15) is 12.3 Å². The second kappa shape index (κ2) is 14.1. The normalized spacial score (nSPS) is 15.1. The number of halogens is 1. The molecule has 0 saturated carbocycles. The molecule has 0 aliphatic carbocycles. The molecule has 0 bridgehead atoms. The molecule has 1 fully saturated rings. The highest BCUT2D eigenvalue weighted by Gasteiger charge is 2.27. The molecule has 210 valence electrons. The van der Waals surface area contributed by atoms with Crippen molar-refractivity contribution in [3.05, 3.63) is 88.9 Å². The molecule has 3 aromatic carbocycles.